The molecule has 1 aromatic heterocycles. The highest BCUT2D eigenvalue weighted by Crippen LogP contribution is 2.20. The Morgan fingerprint density at radius 2 is 2.06 bits per heavy atom. The van der Waals surface area contributed by atoms with Gasteiger partial charge in [-0.1, -0.05) is 12.1 Å². The highest BCUT2D eigenvalue weighted by atomic mass is 16.5. The van der Waals surface area contributed by atoms with Gasteiger partial charge in [0.05, 0.1) is 17.3 Å². The normalized spacial score (nSPS) is 9.83. The van der Waals surface area contributed by atoms with Crippen LogP contribution in [-0.4, -0.2) is 4.98 Å². The molecule has 3 nitrogen and oxygen atoms in total. The molecule has 0 aliphatic heterocycles. The van der Waals surface area contributed by atoms with E-state index in [0.717, 1.165) is 22.6 Å². The third kappa shape index (κ3) is 2.67. The summed E-state index contributed by atoms with van der Waals surface area (Å²) in [4.78, 5) is 4.28. The molecule has 0 fully saturated rings. The zero-order valence-corrected chi connectivity index (χ0v) is 10.5. The van der Waals surface area contributed by atoms with E-state index in [2.05, 4.69) is 11.1 Å². The van der Waals surface area contributed by atoms with E-state index in [1.807, 2.05) is 32.0 Å². The van der Waals surface area contributed by atoms with E-state index in [9.17, 15) is 0 Å². The number of hydrogen-bond donors (Lipinski definition) is 0. The van der Waals surface area contributed by atoms with Gasteiger partial charge in [0, 0.05) is 6.20 Å². The molecule has 0 radical (unpaired) electrons. The fourth-order valence-corrected chi connectivity index (χ4v) is 1.64. The van der Waals surface area contributed by atoms with Crippen LogP contribution in [0.25, 0.3) is 0 Å². The van der Waals surface area contributed by atoms with Crippen LogP contribution in [0.1, 0.15) is 22.4 Å². The Bertz CT molecular complexity index is 600. The number of hydrogen-bond acceptors (Lipinski definition) is 3. The fourth-order valence-electron chi connectivity index (χ4n) is 1.64. The van der Waals surface area contributed by atoms with Gasteiger partial charge in [0.15, 0.2) is 0 Å². The van der Waals surface area contributed by atoms with Crippen molar-refractivity contribution in [3.8, 4) is 11.8 Å². The van der Waals surface area contributed by atoms with Crippen molar-refractivity contribution < 1.29 is 4.74 Å². The Balaban J connectivity index is 2.16. The summed E-state index contributed by atoms with van der Waals surface area (Å²) in [6, 6.07) is 11.4. The first-order chi connectivity index (χ1) is 8.70. The SMILES string of the molecule is Cc1ccc(C#N)cc1OCc1ncccc1C. The number of ether oxygens (including phenoxy) is 1. The number of pyridine rings is 1. The van der Waals surface area contributed by atoms with E-state index >= 15 is 0 Å². The molecule has 3 heteroatoms. The van der Waals surface area contributed by atoms with Gasteiger partial charge in [-0.15, -0.1) is 0 Å². The summed E-state index contributed by atoms with van der Waals surface area (Å²) in [5.41, 5.74) is 3.64. The largest absolute Gasteiger partial charge is 0.487 e. The van der Waals surface area contributed by atoms with Gasteiger partial charge in [-0.05, 0) is 43.2 Å². The maximum absolute atomic E-state index is 8.86. The molecule has 0 unspecified atom stereocenters. The van der Waals surface area contributed by atoms with Crippen molar-refractivity contribution >= 4 is 0 Å². The van der Waals surface area contributed by atoms with E-state index in [4.69, 9.17) is 10.00 Å². The molecule has 0 amide bonds. The standard InChI is InChI=1S/C15H14N2O/c1-11-4-3-7-17-14(11)10-18-15-8-13(9-16)6-5-12(15)2/h3-8H,10H2,1-2H3. The number of aromatic nitrogens is 1. The Hall–Kier alpha value is -2.34. The average molecular weight is 238 g/mol. The van der Waals surface area contributed by atoms with E-state index < -0.39 is 0 Å². The minimum Gasteiger partial charge on any atom is -0.487 e. The van der Waals surface area contributed by atoms with Crippen molar-refractivity contribution in [3.63, 3.8) is 0 Å². The van der Waals surface area contributed by atoms with Crippen molar-refractivity contribution in [3.05, 3.63) is 58.9 Å². The second kappa shape index (κ2) is 5.33. The quantitative estimate of drug-likeness (QED) is 0.825. The molecule has 0 aliphatic rings. The van der Waals surface area contributed by atoms with Crippen LogP contribution in [-0.2, 0) is 6.61 Å². The summed E-state index contributed by atoms with van der Waals surface area (Å²) in [5.74, 6) is 0.735. The molecule has 0 bridgehead atoms. The van der Waals surface area contributed by atoms with E-state index in [1.165, 1.54) is 0 Å². The number of nitrogens with zero attached hydrogens (tertiary/aromatic N) is 2. The average Bonchev–Trinajstić information content (AvgIpc) is 2.39. The summed E-state index contributed by atoms with van der Waals surface area (Å²) in [5, 5.41) is 8.86. The molecule has 0 atom stereocenters. The van der Waals surface area contributed by atoms with Gasteiger partial charge < -0.3 is 4.74 Å². The van der Waals surface area contributed by atoms with Crippen molar-refractivity contribution in [1.82, 2.24) is 4.98 Å². The van der Waals surface area contributed by atoms with Gasteiger partial charge in [0.25, 0.3) is 0 Å². The molecule has 90 valence electrons. The first kappa shape index (κ1) is 12.1. The van der Waals surface area contributed by atoms with Crippen LogP contribution >= 0.6 is 0 Å². The molecule has 0 saturated heterocycles. The van der Waals surface area contributed by atoms with E-state index in [0.29, 0.717) is 12.2 Å². The van der Waals surface area contributed by atoms with Crippen LogP contribution in [0.3, 0.4) is 0 Å². The summed E-state index contributed by atoms with van der Waals surface area (Å²) < 4.78 is 5.73. The van der Waals surface area contributed by atoms with E-state index in [-0.39, 0.29) is 0 Å². The van der Waals surface area contributed by atoms with Crippen molar-refractivity contribution in [2.45, 2.75) is 20.5 Å². The van der Waals surface area contributed by atoms with Crippen molar-refractivity contribution in [2.75, 3.05) is 0 Å². The second-order valence-corrected chi connectivity index (χ2v) is 4.15. The topological polar surface area (TPSA) is 45.9 Å². The van der Waals surface area contributed by atoms with Crippen LogP contribution in [0.5, 0.6) is 5.75 Å². The van der Waals surface area contributed by atoms with Crippen LogP contribution < -0.4 is 4.74 Å². The van der Waals surface area contributed by atoms with Gasteiger partial charge in [0.2, 0.25) is 0 Å². The predicted octanol–water partition coefficient (Wildman–Crippen LogP) is 3.15. The molecule has 18 heavy (non-hydrogen) atoms. The Morgan fingerprint density at radius 3 is 2.78 bits per heavy atom. The summed E-state index contributed by atoms with van der Waals surface area (Å²) >= 11 is 0. The molecule has 0 N–H and O–H groups in total. The van der Waals surface area contributed by atoms with Gasteiger partial charge in [-0.3, -0.25) is 4.98 Å². The number of nitriles is 1. The van der Waals surface area contributed by atoms with Gasteiger partial charge in [-0.2, -0.15) is 5.26 Å². The maximum atomic E-state index is 8.86. The molecule has 0 spiro atoms. The first-order valence-corrected chi connectivity index (χ1v) is 5.75. The molecular weight excluding hydrogens is 224 g/mol. The number of benzene rings is 1. The van der Waals surface area contributed by atoms with Crippen LogP contribution in [0.2, 0.25) is 0 Å². The zero-order chi connectivity index (χ0) is 13.0. The monoisotopic (exact) mass is 238 g/mol. The lowest BCUT2D eigenvalue weighted by Gasteiger charge is -2.10. The van der Waals surface area contributed by atoms with Crippen molar-refractivity contribution in [2.24, 2.45) is 0 Å². The fraction of sp³-hybridized carbons (Fsp3) is 0.200. The van der Waals surface area contributed by atoms with E-state index in [1.54, 1.807) is 18.3 Å². The van der Waals surface area contributed by atoms with Gasteiger partial charge in [0.1, 0.15) is 12.4 Å². The molecule has 0 saturated carbocycles. The predicted molar refractivity (Wildman–Crippen MR) is 69.2 cm³/mol. The Kier molecular flexibility index (Phi) is 3.59. The van der Waals surface area contributed by atoms with Gasteiger partial charge in [-0.25, -0.2) is 0 Å². The minimum absolute atomic E-state index is 0.419. The zero-order valence-electron chi connectivity index (χ0n) is 10.5. The highest BCUT2D eigenvalue weighted by Gasteiger charge is 2.04. The number of aryl methyl sites for hydroxylation is 2. The molecule has 2 rings (SSSR count). The lowest BCUT2D eigenvalue weighted by Crippen LogP contribution is -2.01. The second-order valence-electron chi connectivity index (χ2n) is 4.15. The first-order valence-electron chi connectivity index (χ1n) is 5.75. The third-order valence-electron chi connectivity index (χ3n) is 2.80. The van der Waals surface area contributed by atoms with Crippen LogP contribution in [0.4, 0.5) is 0 Å². The molecule has 2 aromatic rings. The molecular formula is C15H14N2O. The Morgan fingerprint density at radius 1 is 1.22 bits per heavy atom. The molecule has 1 aromatic carbocycles. The maximum Gasteiger partial charge on any atom is 0.130 e. The lowest BCUT2D eigenvalue weighted by molar-refractivity contribution is 0.298. The summed E-state index contributed by atoms with van der Waals surface area (Å²) in [6.45, 7) is 4.38. The molecule has 1 heterocycles. The van der Waals surface area contributed by atoms with Crippen molar-refractivity contribution in [1.29, 1.82) is 5.26 Å². The summed E-state index contributed by atoms with van der Waals surface area (Å²) in [6.07, 6.45) is 1.75. The molecule has 0 aliphatic carbocycles. The van der Waals surface area contributed by atoms with Crippen LogP contribution in [0, 0.1) is 25.2 Å². The number of rotatable bonds is 3. The third-order valence-corrected chi connectivity index (χ3v) is 2.80. The minimum atomic E-state index is 0.419. The smallest absolute Gasteiger partial charge is 0.130 e. The van der Waals surface area contributed by atoms with Gasteiger partial charge >= 0.3 is 0 Å². The lowest BCUT2D eigenvalue weighted by atomic mass is 10.1. The van der Waals surface area contributed by atoms with Crippen LogP contribution in [0.15, 0.2) is 36.5 Å². The Labute approximate surface area is 107 Å². The summed E-state index contributed by atoms with van der Waals surface area (Å²) in [7, 11) is 0. The highest BCUT2D eigenvalue weighted by molar-refractivity contribution is 5.41.